The number of aliphatic hydroxyl groups excluding tert-OH is 5. The van der Waals surface area contributed by atoms with Gasteiger partial charge in [-0.15, -0.1) is 0 Å². The molecule has 9 N–H and O–H groups in total. The van der Waals surface area contributed by atoms with Crippen LogP contribution in [0.15, 0.2) is 54.6 Å². The summed E-state index contributed by atoms with van der Waals surface area (Å²) in [5.74, 6) is 1.93. The molecule has 0 aliphatic heterocycles. The normalized spacial score (nSPS) is 25.6. The fraction of sp³-hybridized carbons (Fsp3) is 0.707. The van der Waals surface area contributed by atoms with Crippen LogP contribution in [0.5, 0.6) is 17.2 Å². The van der Waals surface area contributed by atoms with Crippen molar-refractivity contribution in [1.82, 2.24) is 10.0 Å². The number of rotatable bonds is 36. The maximum Gasteiger partial charge on any atom is 0.341 e. The van der Waals surface area contributed by atoms with Gasteiger partial charge in [0.2, 0.25) is 10.0 Å². The van der Waals surface area contributed by atoms with Crippen LogP contribution in [0.25, 0.3) is 0 Å². The van der Waals surface area contributed by atoms with Crippen LogP contribution in [0.1, 0.15) is 189 Å². The molecule has 0 radical (unpaired) electrons. The zero-order chi connectivity index (χ0) is 69.5. The third-order valence-corrected chi connectivity index (χ3v) is 22.3. The van der Waals surface area contributed by atoms with Crippen molar-refractivity contribution < 1.29 is 87.0 Å². The van der Waals surface area contributed by atoms with Crippen LogP contribution >= 0.6 is 0 Å². The van der Waals surface area contributed by atoms with Gasteiger partial charge in [-0.05, 0) is 220 Å². The van der Waals surface area contributed by atoms with Crippen molar-refractivity contribution in [3.63, 3.8) is 0 Å². The molecule has 21 heteroatoms. The van der Waals surface area contributed by atoms with Gasteiger partial charge in [0.25, 0.3) is 11.8 Å². The summed E-state index contributed by atoms with van der Waals surface area (Å²) in [6.45, 7) is 4.87. The van der Waals surface area contributed by atoms with E-state index in [4.69, 9.17) is 39.0 Å². The molecule has 3 aromatic carbocycles. The monoisotopic (exact) mass is 1360 g/mol. The number of aliphatic carboxylic acids is 2. The molecule has 6 aliphatic carbocycles. The Morgan fingerprint density at radius 1 is 0.542 bits per heavy atom. The highest BCUT2D eigenvalue weighted by Crippen LogP contribution is 2.52. The zero-order valence-corrected chi connectivity index (χ0v) is 58.7. The van der Waals surface area contributed by atoms with E-state index < -0.39 is 46.4 Å². The molecule has 0 spiro atoms. The lowest BCUT2D eigenvalue weighted by atomic mass is 9.73. The Bertz CT molecular complexity index is 3040. The maximum absolute atomic E-state index is 12.1. The molecule has 0 saturated heterocycles. The zero-order valence-electron chi connectivity index (χ0n) is 57.9. The number of sulfonamides is 1. The summed E-state index contributed by atoms with van der Waals surface area (Å²) < 4.78 is 53.0. The topological polar surface area (TPSA) is 314 Å². The molecule has 3 fully saturated rings. The average Bonchev–Trinajstić information content (AvgIpc) is 1.58. The number of carbonyl (C=O) groups is 4. The molecule has 0 heterocycles. The van der Waals surface area contributed by atoms with Crippen molar-refractivity contribution in [2.75, 3.05) is 46.9 Å². The van der Waals surface area contributed by atoms with Gasteiger partial charge >= 0.3 is 11.9 Å². The van der Waals surface area contributed by atoms with Crippen LogP contribution in [-0.2, 0) is 77.2 Å². The predicted octanol–water partition coefficient (Wildman–Crippen LogP) is 9.53. The molecule has 3 aromatic rings. The van der Waals surface area contributed by atoms with Gasteiger partial charge in [0.1, 0.15) is 23.3 Å². The first-order chi connectivity index (χ1) is 46.1. The van der Waals surface area contributed by atoms with Crippen LogP contribution in [0.2, 0.25) is 0 Å². The third-order valence-electron chi connectivity index (χ3n) is 21.7. The molecule has 3 saturated carbocycles. The molecule has 16 atom stereocenters. The van der Waals surface area contributed by atoms with E-state index in [1.165, 1.54) is 30.4 Å². The van der Waals surface area contributed by atoms with Gasteiger partial charge in [-0.25, -0.2) is 18.0 Å². The van der Waals surface area contributed by atoms with Crippen molar-refractivity contribution >= 4 is 33.8 Å². The number of methoxy groups -OCH3 is 2. The van der Waals surface area contributed by atoms with Gasteiger partial charge < -0.3 is 64.7 Å². The molecule has 2 amide bonds. The van der Waals surface area contributed by atoms with Gasteiger partial charge in [-0.3, -0.25) is 14.3 Å². The van der Waals surface area contributed by atoms with Gasteiger partial charge in [-0.2, -0.15) is 0 Å². The van der Waals surface area contributed by atoms with E-state index in [1.807, 2.05) is 55.3 Å². The second-order valence-corrected chi connectivity index (χ2v) is 30.1. The van der Waals surface area contributed by atoms with Gasteiger partial charge in [0.15, 0.2) is 19.8 Å². The molecule has 538 valence electrons. The summed E-state index contributed by atoms with van der Waals surface area (Å²) in [7, 11) is 0.0776. The van der Waals surface area contributed by atoms with Crippen LogP contribution in [-0.4, -0.2) is 157 Å². The van der Waals surface area contributed by atoms with Crippen molar-refractivity contribution in [3.05, 3.63) is 88.0 Å². The lowest BCUT2D eigenvalue weighted by Crippen LogP contribution is -2.45. The third kappa shape index (κ3) is 22.8. The molecule has 6 aliphatic rings. The molecular weight excluding hydrogens is 1250 g/mol. The molecule has 0 aromatic heterocycles. The molecule has 96 heavy (non-hydrogen) atoms. The molecule has 0 unspecified atom stereocenters. The van der Waals surface area contributed by atoms with Crippen molar-refractivity contribution in [1.29, 1.82) is 0 Å². The number of unbranched alkanes of at least 4 members (excludes halogenated alkanes) is 6. The minimum Gasteiger partial charge on any atom is -0.483 e. The Kier molecular flexibility index (Phi) is 31.5. The van der Waals surface area contributed by atoms with Crippen LogP contribution in [0.4, 0.5) is 0 Å². The summed E-state index contributed by atoms with van der Waals surface area (Å²) in [6, 6.07) is 16.2. The molecule has 9 rings (SSSR count). The Morgan fingerprint density at radius 3 is 1.36 bits per heavy atom. The van der Waals surface area contributed by atoms with Crippen molar-refractivity contribution in [2.45, 2.75) is 237 Å². The van der Waals surface area contributed by atoms with Crippen molar-refractivity contribution in [3.8, 4) is 17.2 Å². The first-order valence-corrected chi connectivity index (χ1v) is 37.8. The Morgan fingerprint density at radius 2 is 0.958 bits per heavy atom. The Hall–Kier alpha value is -5.39. The SMILES string of the molecule is CCCCC[C@@H](CC[C@@H]1[C@H]2Cc3cccc(OCC(=O)O)c3C[C@H]2C[C@H]1OC)OC.CCCCC[C@H](O)CC[C@@H]1[C@H]2Cc3cccc(OCC(=O)NS(C)(=O)=O)c3C[C@H]2C[C@H]1O.CCCCC[C@H](O)CC[C@@H]1[C@H]2Cc3cccc(OCC(=O)N[C@@H](CO)C(=O)O)c3C[C@H]2C[C@H]1O. The number of carbonyl (C=O) groups excluding carboxylic acids is 2. The number of fused-ring (bicyclic) bond motifs is 6. The van der Waals surface area contributed by atoms with Gasteiger partial charge in [0, 0.05) is 14.2 Å². The van der Waals surface area contributed by atoms with Gasteiger partial charge in [-0.1, -0.05) is 115 Å². The van der Waals surface area contributed by atoms with Gasteiger partial charge in [0.05, 0.1) is 49.5 Å². The van der Waals surface area contributed by atoms with E-state index in [0.29, 0.717) is 65.1 Å². The Balaban J connectivity index is 0.000000204. The Labute approximate surface area is 570 Å². The fourth-order valence-corrected chi connectivity index (χ4v) is 17.3. The summed E-state index contributed by atoms with van der Waals surface area (Å²) in [5.41, 5.74) is 6.92. The molecule has 0 bridgehead atoms. The van der Waals surface area contributed by atoms with Crippen LogP contribution in [0, 0.1) is 53.3 Å². The summed E-state index contributed by atoms with van der Waals surface area (Å²) in [5, 5.41) is 71.4. The number of ether oxygens (including phenoxy) is 5. The number of hydrogen-bond donors (Lipinski definition) is 9. The smallest absolute Gasteiger partial charge is 0.341 e. The predicted molar refractivity (Wildman–Crippen MR) is 366 cm³/mol. The number of benzene rings is 3. The molecule has 20 nitrogen and oxygen atoms in total. The molecular formula is C75H114N2O18S. The van der Waals surface area contributed by atoms with E-state index in [-0.39, 0.29) is 56.1 Å². The van der Waals surface area contributed by atoms with E-state index in [2.05, 4.69) is 44.3 Å². The summed E-state index contributed by atoms with van der Waals surface area (Å²) in [6.07, 6.45) is 26.6. The van der Waals surface area contributed by atoms with Crippen LogP contribution in [0.3, 0.4) is 0 Å². The number of hydrogen-bond acceptors (Lipinski definition) is 16. The second kappa shape index (κ2) is 38.8. The number of nitrogens with one attached hydrogen (secondary N) is 2. The lowest BCUT2D eigenvalue weighted by molar-refractivity contribution is -0.143. The van der Waals surface area contributed by atoms with E-state index in [9.17, 15) is 48.0 Å². The van der Waals surface area contributed by atoms with E-state index in [1.54, 1.807) is 0 Å². The van der Waals surface area contributed by atoms with Crippen LogP contribution < -0.4 is 24.2 Å². The maximum atomic E-state index is 12.1. The quantitative estimate of drug-likeness (QED) is 0.0245. The second-order valence-electron chi connectivity index (χ2n) is 28.4. The minimum atomic E-state index is -3.61. The largest absolute Gasteiger partial charge is 0.483 e. The average molecular weight is 1360 g/mol. The highest BCUT2D eigenvalue weighted by molar-refractivity contribution is 7.89. The highest BCUT2D eigenvalue weighted by Gasteiger charge is 2.48. The lowest BCUT2D eigenvalue weighted by Gasteiger charge is -2.33. The van der Waals surface area contributed by atoms with E-state index >= 15 is 0 Å². The first kappa shape index (κ1) is 78.0. The highest BCUT2D eigenvalue weighted by atomic mass is 32.2. The first-order valence-electron chi connectivity index (χ1n) is 35.9. The summed E-state index contributed by atoms with van der Waals surface area (Å²) in [4.78, 5) is 45.8. The standard InChI is InChI=1S/C26H39NO7.C25H38O5.C24H37NO6S/c1-2-3-4-7-18(29)9-10-19-20-11-16-6-5-8-24(21(16)12-17(20)13-23(19)30)34-15-25(31)27-22(14-28)26(32)33;1-4-5-6-9-19(28-2)11-12-20-21-13-17-8-7-10-23(30-16-25(26)27)22(17)14-18(21)15-24(20)29-3;1-3-4-5-8-18(26)10-11-19-20-12-16-7-6-9-23(21(16)13-17(20)14-22(19)27)31-15-24(28)25-32(2,29)30/h5-6,8,17-20,22-23,28-30H,2-4,7,9-15H2,1H3,(H,27,31)(H,32,33);7-8,10,18-21,24H,4-6,9,11-16H2,1-3H3,(H,26,27);6-7,9,17-20,22,26-27H,3-5,8,10-15H2,1-2H3,(H,25,28)/t17-,18-,19+,20-,22-,23+;18-,19-,20+,21-,24+;17-,18-,19+,20-,22+/m000/s1. The number of carboxylic acids is 2. The van der Waals surface area contributed by atoms with E-state index in [0.717, 1.165) is 188 Å². The summed E-state index contributed by atoms with van der Waals surface area (Å²) >= 11 is 0. The number of amides is 2. The minimum absolute atomic E-state index is 0.181. The van der Waals surface area contributed by atoms with Crippen molar-refractivity contribution in [2.24, 2.45) is 53.3 Å². The number of aliphatic hydroxyl groups is 5. The number of carboxylic acid groups (broad SMARTS) is 2. The fourth-order valence-electron chi connectivity index (χ4n) is 16.8.